The van der Waals surface area contributed by atoms with Gasteiger partial charge >= 0.3 is 0 Å². The number of aromatic amines is 2. The van der Waals surface area contributed by atoms with E-state index in [1.807, 2.05) is 103 Å². The van der Waals surface area contributed by atoms with E-state index in [1.165, 1.54) is 0 Å². The molecule has 3 aromatic carbocycles. The summed E-state index contributed by atoms with van der Waals surface area (Å²) in [5.74, 6) is 0.313. The standard InChI is InChI=1S/C38H26N4O2/c43-34-12-6-4-10-26(34)37-30-17-15-25(40-30)22-24-14-16-28(39-24)36(23-8-2-1-3-9-23)29-18-19-32(41-29)38(33-21-20-31(37)42-33)27-11-5-7-13-35(27)44/h1-22,40-41,43-44H. The summed E-state index contributed by atoms with van der Waals surface area (Å²) >= 11 is 0. The van der Waals surface area contributed by atoms with Crippen LogP contribution in [0.1, 0.15) is 22.8 Å². The second-order valence-electron chi connectivity index (χ2n) is 10.8. The van der Waals surface area contributed by atoms with E-state index >= 15 is 0 Å². The topological polar surface area (TPSA) is 97.8 Å². The van der Waals surface area contributed by atoms with Crippen LogP contribution in [0.15, 0.2) is 109 Å². The summed E-state index contributed by atoms with van der Waals surface area (Å²) in [6.45, 7) is 0. The first-order chi connectivity index (χ1) is 21.6. The van der Waals surface area contributed by atoms with Crippen molar-refractivity contribution in [2.24, 2.45) is 0 Å². The Balaban J connectivity index is 1.56. The van der Waals surface area contributed by atoms with Gasteiger partial charge in [-0.2, -0.15) is 0 Å². The van der Waals surface area contributed by atoms with E-state index in [2.05, 4.69) is 22.1 Å². The summed E-state index contributed by atoms with van der Waals surface area (Å²) in [5, 5.41) is 22.0. The fourth-order valence-electron chi connectivity index (χ4n) is 5.98. The van der Waals surface area contributed by atoms with Gasteiger partial charge in [-0.05, 0) is 72.3 Å². The van der Waals surface area contributed by atoms with Gasteiger partial charge in [0.2, 0.25) is 0 Å². The molecular weight excluding hydrogens is 544 g/mol. The van der Waals surface area contributed by atoms with Crippen LogP contribution in [0.5, 0.6) is 11.5 Å². The summed E-state index contributed by atoms with van der Waals surface area (Å²) in [6, 6.07) is 34.9. The first-order valence-corrected chi connectivity index (χ1v) is 14.4. The second kappa shape index (κ2) is 10.3. The smallest absolute Gasteiger partial charge is 0.123 e. The maximum Gasteiger partial charge on any atom is 0.123 e. The van der Waals surface area contributed by atoms with Crippen molar-refractivity contribution in [3.05, 3.63) is 132 Å². The molecule has 44 heavy (non-hydrogen) atoms. The normalized spacial score (nSPS) is 12.1. The lowest BCUT2D eigenvalue weighted by atomic mass is 10.0. The number of fused-ring (bicyclic) bond motifs is 8. The van der Waals surface area contributed by atoms with Gasteiger partial charge < -0.3 is 20.2 Å². The monoisotopic (exact) mass is 570 g/mol. The van der Waals surface area contributed by atoms with E-state index < -0.39 is 0 Å². The number of benzene rings is 3. The summed E-state index contributed by atoms with van der Waals surface area (Å²) in [5.41, 5.74) is 11.3. The molecule has 6 aromatic rings. The number of aromatic hydroxyl groups is 2. The Bertz CT molecular complexity index is 2310. The number of rotatable bonds is 3. The number of H-pyrrole nitrogens is 2. The third-order valence-corrected chi connectivity index (χ3v) is 7.99. The Morgan fingerprint density at radius 1 is 0.455 bits per heavy atom. The van der Waals surface area contributed by atoms with Crippen molar-refractivity contribution in [2.75, 3.05) is 0 Å². The quantitative estimate of drug-likeness (QED) is 0.170. The van der Waals surface area contributed by atoms with E-state index in [1.54, 1.807) is 18.2 Å². The van der Waals surface area contributed by atoms with Gasteiger partial charge in [0, 0.05) is 49.9 Å². The number of hydrogen-bond donors (Lipinski definition) is 4. The molecule has 2 aliphatic rings. The highest BCUT2D eigenvalue weighted by Crippen LogP contribution is 2.40. The first kappa shape index (κ1) is 25.6. The van der Waals surface area contributed by atoms with Crippen LogP contribution in [0.2, 0.25) is 0 Å². The molecule has 6 heteroatoms. The molecule has 0 radical (unpaired) electrons. The van der Waals surface area contributed by atoms with Crippen LogP contribution in [0.25, 0.3) is 79.8 Å². The summed E-state index contributed by atoms with van der Waals surface area (Å²) in [4.78, 5) is 17.3. The van der Waals surface area contributed by atoms with Crippen molar-refractivity contribution in [1.82, 2.24) is 19.9 Å². The zero-order valence-corrected chi connectivity index (χ0v) is 23.5. The molecule has 8 bridgehead atoms. The Morgan fingerprint density at radius 2 is 0.977 bits per heavy atom. The number of phenolic OH excluding ortho intramolecular Hbond substituents is 2. The van der Waals surface area contributed by atoms with Gasteiger partial charge in [0.05, 0.1) is 22.8 Å². The minimum atomic E-state index is 0.154. The Kier molecular flexibility index (Phi) is 5.98. The van der Waals surface area contributed by atoms with Gasteiger partial charge in [0.25, 0.3) is 0 Å². The third kappa shape index (κ3) is 4.37. The van der Waals surface area contributed by atoms with Crippen molar-refractivity contribution in [2.45, 2.75) is 0 Å². The van der Waals surface area contributed by atoms with E-state index in [9.17, 15) is 10.2 Å². The van der Waals surface area contributed by atoms with E-state index in [0.29, 0.717) is 22.5 Å². The molecule has 0 saturated heterocycles. The molecule has 4 N–H and O–H groups in total. The fraction of sp³-hybridized carbons (Fsp3) is 0. The van der Waals surface area contributed by atoms with Gasteiger partial charge in [0.1, 0.15) is 11.5 Å². The maximum atomic E-state index is 11.0. The minimum Gasteiger partial charge on any atom is -0.507 e. The fourth-order valence-corrected chi connectivity index (χ4v) is 5.98. The van der Waals surface area contributed by atoms with E-state index in [0.717, 1.165) is 55.7 Å². The van der Waals surface area contributed by atoms with Gasteiger partial charge in [-0.25, -0.2) is 9.97 Å². The van der Waals surface area contributed by atoms with Crippen LogP contribution < -0.4 is 0 Å². The van der Waals surface area contributed by atoms with Crippen LogP contribution in [0.4, 0.5) is 0 Å². The van der Waals surface area contributed by atoms with E-state index in [-0.39, 0.29) is 11.5 Å². The Morgan fingerprint density at radius 3 is 1.64 bits per heavy atom. The molecule has 0 amide bonds. The Hall–Kier alpha value is -6.14. The minimum absolute atomic E-state index is 0.154. The predicted octanol–water partition coefficient (Wildman–Crippen LogP) is 9.07. The molecule has 2 aliphatic heterocycles. The largest absolute Gasteiger partial charge is 0.507 e. The highest BCUT2D eigenvalue weighted by Gasteiger charge is 2.19. The van der Waals surface area contributed by atoms with Crippen molar-refractivity contribution < 1.29 is 10.2 Å². The van der Waals surface area contributed by atoms with Gasteiger partial charge in [0.15, 0.2) is 0 Å². The number of hydrogen-bond acceptors (Lipinski definition) is 4. The Labute approximate surface area is 253 Å². The van der Waals surface area contributed by atoms with Crippen molar-refractivity contribution in [3.63, 3.8) is 0 Å². The summed E-state index contributed by atoms with van der Waals surface area (Å²) in [6.07, 6.45) is 7.96. The molecular formula is C38H26N4O2. The molecule has 0 atom stereocenters. The lowest BCUT2D eigenvalue weighted by Crippen LogP contribution is -1.89. The lowest BCUT2D eigenvalue weighted by molar-refractivity contribution is 0.477. The lowest BCUT2D eigenvalue weighted by Gasteiger charge is -2.08. The number of nitrogens with one attached hydrogen (secondary N) is 2. The molecule has 0 aliphatic carbocycles. The molecule has 0 saturated carbocycles. The maximum absolute atomic E-state index is 11.0. The van der Waals surface area contributed by atoms with Crippen molar-refractivity contribution >= 4 is 46.4 Å². The first-order valence-electron chi connectivity index (χ1n) is 14.4. The number of phenols is 2. The summed E-state index contributed by atoms with van der Waals surface area (Å²) in [7, 11) is 0. The van der Waals surface area contributed by atoms with Crippen molar-refractivity contribution in [3.8, 4) is 44.9 Å². The number of para-hydroxylation sites is 2. The van der Waals surface area contributed by atoms with Crippen LogP contribution >= 0.6 is 0 Å². The number of nitrogens with zero attached hydrogens (tertiary/aromatic N) is 2. The average Bonchev–Trinajstić information content (AvgIpc) is 3.86. The van der Waals surface area contributed by atoms with Crippen molar-refractivity contribution in [1.29, 1.82) is 0 Å². The second-order valence-corrected chi connectivity index (χ2v) is 10.8. The van der Waals surface area contributed by atoms with Crippen LogP contribution in [-0.2, 0) is 0 Å². The van der Waals surface area contributed by atoms with Crippen LogP contribution in [0, 0.1) is 0 Å². The highest BCUT2D eigenvalue weighted by molar-refractivity contribution is 5.98. The SMILES string of the molecule is Oc1ccccc1-c1c2nc(c(-c3ccccc3O)c3ccc([nH]3)c(-c3ccccc3)c3nc(cc4ccc1[nH]4)C=C3)C=C2. The van der Waals surface area contributed by atoms with Gasteiger partial charge in [-0.1, -0.05) is 66.7 Å². The molecule has 210 valence electrons. The van der Waals surface area contributed by atoms with Gasteiger partial charge in [-0.15, -0.1) is 0 Å². The zero-order chi connectivity index (χ0) is 29.6. The highest BCUT2D eigenvalue weighted by atomic mass is 16.3. The van der Waals surface area contributed by atoms with Crippen LogP contribution in [-0.4, -0.2) is 30.1 Å². The zero-order valence-electron chi connectivity index (χ0n) is 23.5. The number of aromatic nitrogens is 4. The van der Waals surface area contributed by atoms with Gasteiger partial charge in [-0.3, -0.25) is 0 Å². The van der Waals surface area contributed by atoms with Crippen LogP contribution in [0.3, 0.4) is 0 Å². The third-order valence-electron chi connectivity index (χ3n) is 7.99. The molecule has 6 nitrogen and oxygen atoms in total. The molecule has 0 unspecified atom stereocenters. The average molecular weight is 571 g/mol. The predicted molar refractivity (Wildman–Crippen MR) is 178 cm³/mol. The summed E-state index contributed by atoms with van der Waals surface area (Å²) < 4.78 is 0. The molecule has 8 rings (SSSR count). The van der Waals surface area contributed by atoms with E-state index in [4.69, 9.17) is 9.97 Å². The molecule has 3 aromatic heterocycles. The molecule has 5 heterocycles. The molecule has 0 fully saturated rings. The molecule has 0 spiro atoms.